The van der Waals surface area contributed by atoms with Gasteiger partial charge in [0.05, 0.1) is 5.69 Å². The number of likely N-dealkylation sites (tertiary alicyclic amines) is 1. The lowest BCUT2D eigenvalue weighted by molar-refractivity contribution is -0.174. The van der Waals surface area contributed by atoms with Crippen LogP contribution in [0.1, 0.15) is 77.5 Å². The van der Waals surface area contributed by atoms with Crippen LogP contribution in [0.2, 0.25) is 0 Å². The molecule has 2 fully saturated rings. The molecule has 0 radical (unpaired) electrons. The summed E-state index contributed by atoms with van der Waals surface area (Å²) in [6.45, 7) is 7.18. The molecule has 8 heteroatoms. The number of aromatic nitrogens is 2. The Hall–Kier alpha value is -1.73. The normalized spacial score (nSPS) is 26.5. The predicted octanol–water partition coefficient (Wildman–Crippen LogP) is 4.90. The molecule has 1 aromatic rings. The molecule has 0 spiro atoms. The van der Waals surface area contributed by atoms with Gasteiger partial charge in [-0.3, -0.25) is 4.79 Å². The van der Waals surface area contributed by atoms with E-state index in [1.54, 1.807) is 6.07 Å². The molecule has 2 aliphatic heterocycles. The standard InChI is InChI=1S/C22H33F3N4O/c1-21(2,3)17-13-19-26-16(12-18(22(23,24)25)29(19)27-17)14-8-10-28(11-9-14)20(30)15-6-4-5-7-15/h13-16,18,26H,4-12H2,1-3H3/t16-,18+/m0/s1. The van der Waals surface area contributed by atoms with Gasteiger partial charge in [-0.05, 0) is 38.0 Å². The lowest BCUT2D eigenvalue weighted by Crippen LogP contribution is -2.48. The third-order valence-corrected chi connectivity index (χ3v) is 7.11. The van der Waals surface area contributed by atoms with Crippen molar-refractivity contribution in [2.45, 2.75) is 89.4 Å². The number of nitrogens with zero attached hydrogens (tertiary/aromatic N) is 3. The van der Waals surface area contributed by atoms with Crippen molar-refractivity contribution in [1.29, 1.82) is 0 Å². The first-order valence-corrected chi connectivity index (χ1v) is 11.3. The molecule has 0 bridgehead atoms. The predicted molar refractivity (Wildman–Crippen MR) is 109 cm³/mol. The van der Waals surface area contributed by atoms with Crippen molar-refractivity contribution >= 4 is 11.7 Å². The van der Waals surface area contributed by atoms with E-state index in [0.29, 0.717) is 24.6 Å². The first kappa shape index (κ1) is 21.5. The molecule has 1 amide bonds. The second-order valence-corrected chi connectivity index (χ2v) is 10.3. The van der Waals surface area contributed by atoms with Crippen LogP contribution in [0, 0.1) is 11.8 Å². The van der Waals surface area contributed by atoms with Gasteiger partial charge < -0.3 is 10.2 Å². The smallest absolute Gasteiger partial charge is 0.367 e. The van der Waals surface area contributed by atoms with E-state index < -0.39 is 12.2 Å². The third-order valence-electron chi connectivity index (χ3n) is 7.11. The quantitative estimate of drug-likeness (QED) is 0.732. The number of nitrogens with one attached hydrogen (secondary N) is 1. The van der Waals surface area contributed by atoms with Crippen molar-refractivity contribution < 1.29 is 18.0 Å². The van der Waals surface area contributed by atoms with E-state index in [9.17, 15) is 18.0 Å². The Balaban J connectivity index is 1.46. The van der Waals surface area contributed by atoms with Gasteiger partial charge in [0.25, 0.3) is 0 Å². The Morgan fingerprint density at radius 1 is 1.10 bits per heavy atom. The molecule has 2 atom stereocenters. The highest BCUT2D eigenvalue weighted by Crippen LogP contribution is 2.43. The van der Waals surface area contributed by atoms with Gasteiger partial charge in [0.15, 0.2) is 6.04 Å². The van der Waals surface area contributed by atoms with E-state index in [1.807, 2.05) is 25.7 Å². The van der Waals surface area contributed by atoms with Gasteiger partial charge in [0.1, 0.15) is 5.82 Å². The molecule has 1 saturated carbocycles. The number of carbonyl (C=O) groups excluding carboxylic acids is 1. The summed E-state index contributed by atoms with van der Waals surface area (Å²) in [6, 6.07) is -0.0886. The van der Waals surface area contributed by atoms with Gasteiger partial charge in [-0.2, -0.15) is 18.3 Å². The maximum absolute atomic E-state index is 13.9. The molecule has 168 valence electrons. The molecule has 3 aliphatic rings. The third kappa shape index (κ3) is 4.19. The summed E-state index contributed by atoms with van der Waals surface area (Å²) in [5.74, 6) is 1.00. The lowest BCUT2D eigenvalue weighted by atomic mass is 9.84. The Kier molecular flexibility index (Phi) is 5.56. The number of hydrogen-bond acceptors (Lipinski definition) is 3. The van der Waals surface area contributed by atoms with Gasteiger partial charge in [0, 0.05) is 36.5 Å². The van der Waals surface area contributed by atoms with Crippen LogP contribution in [0.4, 0.5) is 19.0 Å². The highest BCUT2D eigenvalue weighted by Gasteiger charge is 2.48. The molecular formula is C22H33F3N4O. The zero-order chi connectivity index (χ0) is 21.7. The van der Waals surface area contributed by atoms with Crippen molar-refractivity contribution in [3.8, 4) is 0 Å². The molecular weight excluding hydrogens is 393 g/mol. The van der Waals surface area contributed by atoms with E-state index >= 15 is 0 Å². The van der Waals surface area contributed by atoms with Crippen LogP contribution in [-0.2, 0) is 10.2 Å². The van der Waals surface area contributed by atoms with Crippen molar-refractivity contribution in [1.82, 2.24) is 14.7 Å². The van der Waals surface area contributed by atoms with Crippen LogP contribution >= 0.6 is 0 Å². The summed E-state index contributed by atoms with van der Waals surface area (Å²) >= 11 is 0. The summed E-state index contributed by atoms with van der Waals surface area (Å²) in [5, 5.41) is 7.67. The Bertz CT molecular complexity index is 768. The molecule has 5 nitrogen and oxygen atoms in total. The van der Waals surface area contributed by atoms with Crippen LogP contribution in [0.15, 0.2) is 6.07 Å². The van der Waals surface area contributed by atoms with Gasteiger partial charge in [0.2, 0.25) is 5.91 Å². The van der Waals surface area contributed by atoms with Crippen molar-refractivity contribution in [3.63, 3.8) is 0 Å². The second-order valence-electron chi connectivity index (χ2n) is 10.3. The average Bonchev–Trinajstić information content (AvgIpc) is 3.35. The maximum atomic E-state index is 13.9. The highest BCUT2D eigenvalue weighted by atomic mass is 19.4. The molecule has 30 heavy (non-hydrogen) atoms. The van der Waals surface area contributed by atoms with Crippen molar-refractivity contribution in [2.24, 2.45) is 11.8 Å². The van der Waals surface area contributed by atoms with Gasteiger partial charge in [-0.1, -0.05) is 33.6 Å². The van der Waals surface area contributed by atoms with E-state index in [-0.39, 0.29) is 35.6 Å². The van der Waals surface area contributed by atoms with E-state index in [1.165, 1.54) is 0 Å². The SMILES string of the molecule is CC(C)(C)c1cc2n(n1)[C@@H](C(F)(F)F)C[C@@H](C1CCN(C(=O)C3CCCC3)CC1)N2. The second kappa shape index (κ2) is 7.75. The molecule has 3 heterocycles. The number of piperidine rings is 1. The van der Waals surface area contributed by atoms with Crippen LogP contribution in [0.5, 0.6) is 0 Å². The van der Waals surface area contributed by atoms with Gasteiger partial charge in [-0.15, -0.1) is 0 Å². The number of hydrogen-bond donors (Lipinski definition) is 1. The number of amides is 1. The first-order chi connectivity index (χ1) is 14.0. The number of alkyl halides is 3. The van der Waals surface area contributed by atoms with Gasteiger partial charge >= 0.3 is 6.18 Å². The number of fused-ring (bicyclic) bond motifs is 1. The van der Waals surface area contributed by atoms with E-state index in [0.717, 1.165) is 43.2 Å². The topological polar surface area (TPSA) is 50.2 Å². The minimum absolute atomic E-state index is 0.0109. The zero-order valence-corrected chi connectivity index (χ0v) is 18.1. The average molecular weight is 427 g/mol. The summed E-state index contributed by atoms with van der Waals surface area (Å²) < 4.78 is 42.7. The highest BCUT2D eigenvalue weighted by molar-refractivity contribution is 5.79. The fourth-order valence-corrected chi connectivity index (χ4v) is 5.23. The molecule has 1 aromatic heterocycles. The van der Waals surface area contributed by atoms with Crippen LogP contribution in [0.3, 0.4) is 0 Å². The Morgan fingerprint density at radius 2 is 1.73 bits per heavy atom. The van der Waals surface area contributed by atoms with Crippen LogP contribution in [-0.4, -0.2) is 45.9 Å². The largest absolute Gasteiger partial charge is 0.410 e. The molecule has 4 rings (SSSR count). The van der Waals surface area contributed by atoms with E-state index in [4.69, 9.17) is 0 Å². The summed E-state index contributed by atoms with van der Waals surface area (Å²) in [6.07, 6.45) is 1.37. The first-order valence-electron chi connectivity index (χ1n) is 11.3. The van der Waals surface area contributed by atoms with Crippen molar-refractivity contribution in [2.75, 3.05) is 18.4 Å². The minimum atomic E-state index is -4.34. The zero-order valence-electron chi connectivity index (χ0n) is 18.1. The molecule has 1 aliphatic carbocycles. The Labute approximate surface area is 176 Å². The maximum Gasteiger partial charge on any atom is 0.410 e. The number of halogens is 3. The summed E-state index contributed by atoms with van der Waals surface area (Å²) in [5.41, 5.74) is 0.348. The van der Waals surface area contributed by atoms with Gasteiger partial charge in [-0.25, -0.2) is 4.68 Å². The monoisotopic (exact) mass is 426 g/mol. The fourth-order valence-electron chi connectivity index (χ4n) is 5.23. The van der Waals surface area contributed by atoms with Crippen molar-refractivity contribution in [3.05, 3.63) is 11.8 Å². The number of rotatable bonds is 2. The van der Waals surface area contributed by atoms with Crippen LogP contribution < -0.4 is 5.32 Å². The molecule has 1 N–H and O–H groups in total. The van der Waals surface area contributed by atoms with E-state index in [2.05, 4.69) is 10.4 Å². The molecule has 0 unspecified atom stereocenters. The minimum Gasteiger partial charge on any atom is -0.367 e. The number of carbonyl (C=O) groups is 1. The summed E-state index contributed by atoms with van der Waals surface area (Å²) in [4.78, 5) is 14.6. The van der Waals surface area contributed by atoms with Crippen LogP contribution in [0.25, 0.3) is 0 Å². The summed E-state index contributed by atoms with van der Waals surface area (Å²) in [7, 11) is 0. The molecule has 1 saturated heterocycles. The lowest BCUT2D eigenvalue weighted by Gasteiger charge is -2.41. The molecule has 0 aromatic carbocycles. The number of anilines is 1. The fraction of sp³-hybridized carbons (Fsp3) is 0.818. The Morgan fingerprint density at radius 3 is 2.30 bits per heavy atom.